The maximum Gasteiger partial charge on any atom is 0.253 e. The second-order valence-corrected chi connectivity index (χ2v) is 8.33. The molecule has 1 atom stereocenters. The van der Waals surface area contributed by atoms with Crippen molar-refractivity contribution in [3.8, 4) is 0 Å². The molecule has 5 heteroatoms. The summed E-state index contributed by atoms with van der Waals surface area (Å²) in [5.74, 6) is 0.151. The normalized spacial score (nSPS) is 25.8. The number of anilines is 1. The van der Waals surface area contributed by atoms with Gasteiger partial charge in [0.25, 0.3) is 5.91 Å². The van der Waals surface area contributed by atoms with E-state index in [4.69, 9.17) is 4.74 Å². The van der Waals surface area contributed by atoms with Gasteiger partial charge in [-0.3, -0.25) is 9.69 Å². The molecule has 1 aromatic rings. The Morgan fingerprint density at radius 2 is 1.88 bits per heavy atom. The zero-order valence-corrected chi connectivity index (χ0v) is 16.1. The molecule has 26 heavy (non-hydrogen) atoms. The SMILES string of the molecule is CN(C)c1cccc(C(=O)N2CCC3(CC2)C[C@@H](N2CCCC2)CO3)c1. The molecule has 0 aromatic heterocycles. The van der Waals surface area contributed by atoms with Crippen LogP contribution in [-0.4, -0.2) is 74.2 Å². The van der Waals surface area contributed by atoms with Gasteiger partial charge >= 0.3 is 0 Å². The highest BCUT2D eigenvalue weighted by molar-refractivity contribution is 5.95. The second kappa shape index (κ2) is 7.20. The lowest BCUT2D eigenvalue weighted by Crippen LogP contribution is -2.47. The highest BCUT2D eigenvalue weighted by Crippen LogP contribution is 2.38. The smallest absolute Gasteiger partial charge is 0.253 e. The minimum absolute atomic E-state index is 0.00945. The Balaban J connectivity index is 1.36. The molecular formula is C21H31N3O2. The summed E-state index contributed by atoms with van der Waals surface area (Å²) in [4.78, 5) is 19.6. The van der Waals surface area contributed by atoms with Crippen LogP contribution >= 0.6 is 0 Å². The van der Waals surface area contributed by atoms with E-state index in [-0.39, 0.29) is 11.5 Å². The lowest BCUT2D eigenvalue weighted by Gasteiger charge is -2.39. The molecule has 3 heterocycles. The van der Waals surface area contributed by atoms with Crippen LogP contribution in [0.3, 0.4) is 0 Å². The standard InChI is InChI=1S/C21H31N3O2/c1-22(2)18-7-5-6-17(14-18)20(25)24-12-8-21(9-13-24)15-19(16-26-21)23-10-3-4-11-23/h5-7,14,19H,3-4,8-13,15-16H2,1-2H3/t19-/m1/s1. The zero-order chi connectivity index (χ0) is 18.1. The molecule has 0 N–H and O–H groups in total. The van der Waals surface area contributed by atoms with Crippen LogP contribution in [0.4, 0.5) is 5.69 Å². The molecular weight excluding hydrogens is 326 g/mol. The number of nitrogens with zero attached hydrogens (tertiary/aromatic N) is 3. The Hall–Kier alpha value is -1.59. The van der Waals surface area contributed by atoms with E-state index in [0.717, 1.165) is 50.2 Å². The van der Waals surface area contributed by atoms with Crippen molar-refractivity contribution < 1.29 is 9.53 Å². The third-order valence-corrected chi connectivity index (χ3v) is 6.42. The molecule has 142 valence electrons. The predicted molar refractivity (Wildman–Crippen MR) is 104 cm³/mol. The maximum absolute atomic E-state index is 12.9. The van der Waals surface area contributed by atoms with Crippen molar-refractivity contribution in [3.05, 3.63) is 29.8 Å². The molecule has 1 spiro atoms. The second-order valence-electron chi connectivity index (χ2n) is 8.33. The average Bonchev–Trinajstić information content (AvgIpc) is 3.32. The third kappa shape index (κ3) is 3.47. The first-order chi connectivity index (χ1) is 12.6. The van der Waals surface area contributed by atoms with Gasteiger partial charge in [0.2, 0.25) is 0 Å². The van der Waals surface area contributed by atoms with Crippen LogP contribution in [0.1, 0.15) is 42.5 Å². The minimum Gasteiger partial charge on any atom is -0.378 e. The topological polar surface area (TPSA) is 36.0 Å². The lowest BCUT2D eigenvalue weighted by molar-refractivity contribution is -0.0393. The van der Waals surface area contributed by atoms with E-state index in [1.165, 1.54) is 25.9 Å². The average molecular weight is 357 g/mol. The van der Waals surface area contributed by atoms with E-state index in [1.807, 2.05) is 48.2 Å². The number of hydrogen-bond donors (Lipinski definition) is 0. The van der Waals surface area contributed by atoms with Crippen LogP contribution in [0.2, 0.25) is 0 Å². The minimum atomic E-state index is 0.00945. The van der Waals surface area contributed by atoms with E-state index in [9.17, 15) is 4.79 Å². The number of amides is 1. The van der Waals surface area contributed by atoms with Gasteiger partial charge in [-0.15, -0.1) is 0 Å². The van der Waals surface area contributed by atoms with Crippen LogP contribution < -0.4 is 4.90 Å². The molecule has 0 unspecified atom stereocenters. The quantitative estimate of drug-likeness (QED) is 0.833. The van der Waals surface area contributed by atoms with Crippen LogP contribution in [0.5, 0.6) is 0 Å². The largest absolute Gasteiger partial charge is 0.378 e. The van der Waals surface area contributed by atoms with Crippen molar-refractivity contribution in [3.63, 3.8) is 0 Å². The van der Waals surface area contributed by atoms with Crippen LogP contribution in [0.25, 0.3) is 0 Å². The van der Waals surface area contributed by atoms with E-state index >= 15 is 0 Å². The summed E-state index contributed by atoms with van der Waals surface area (Å²) in [6.45, 7) is 4.95. The van der Waals surface area contributed by atoms with Gasteiger partial charge in [-0.1, -0.05) is 6.07 Å². The van der Waals surface area contributed by atoms with E-state index in [2.05, 4.69) is 4.90 Å². The first kappa shape index (κ1) is 17.8. The van der Waals surface area contributed by atoms with Gasteiger partial charge in [0.1, 0.15) is 0 Å². The predicted octanol–water partition coefficient (Wildman–Crippen LogP) is 2.61. The Kier molecular flexibility index (Phi) is 4.93. The lowest BCUT2D eigenvalue weighted by atomic mass is 9.87. The number of piperidine rings is 1. The van der Waals surface area contributed by atoms with Gasteiger partial charge in [-0.25, -0.2) is 0 Å². The van der Waals surface area contributed by atoms with Crippen LogP contribution in [-0.2, 0) is 4.74 Å². The summed E-state index contributed by atoms with van der Waals surface area (Å²) in [5.41, 5.74) is 1.86. The Morgan fingerprint density at radius 3 is 2.58 bits per heavy atom. The number of rotatable bonds is 3. The molecule has 0 aliphatic carbocycles. The summed E-state index contributed by atoms with van der Waals surface area (Å²) in [7, 11) is 4.00. The molecule has 0 bridgehead atoms. The number of carbonyl (C=O) groups excluding carboxylic acids is 1. The molecule has 1 aromatic carbocycles. The van der Waals surface area contributed by atoms with Gasteiger partial charge in [0, 0.05) is 44.5 Å². The number of ether oxygens (including phenoxy) is 1. The van der Waals surface area contributed by atoms with Gasteiger partial charge in [-0.05, 0) is 63.4 Å². The fourth-order valence-corrected chi connectivity index (χ4v) is 4.73. The first-order valence-electron chi connectivity index (χ1n) is 10.0. The fraction of sp³-hybridized carbons (Fsp3) is 0.667. The molecule has 3 fully saturated rings. The Morgan fingerprint density at radius 1 is 1.15 bits per heavy atom. The van der Waals surface area contributed by atoms with Gasteiger partial charge in [0.05, 0.1) is 12.2 Å². The monoisotopic (exact) mass is 357 g/mol. The van der Waals surface area contributed by atoms with E-state index in [1.54, 1.807) is 0 Å². The number of carbonyl (C=O) groups is 1. The van der Waals surface area contributed by atoms with Crippen molar-refractivity contribution in [2.75, 3.05) is 51.8 Å². The summed E-state index contributed by atoms with van der Waals surface area (Å²) < 4.78 is 6.30. The van der Waals surface area contributed by atoms with Crippen molar-refractivity contribution in [2.45, 2.75) is 43.7 Å². The molecule has 4 rings (SSSR count). The van der Waals surface area contributed by atoms with Crippen LogP contribution in [0.15, 0.2) is 24.3 Å². The highest BCUT2D eigenvalue weighted by atomic mass is 16.5. The first-order valence-corrected chi connectivity index (χ1v) is 10.0. The molecule has 0 saturated carbocycles. The summed E-state index contributed by atoms with van der Waals surface area (Å²) >= 11 is 0. The van der Waals surface area contributed by atoms with Gasteiger partial charge in [0.15, 0.2) is 0 Å². The molecule has 0 radical (unpaired) electrons. The molecule has 3 saturated heterocycles. The van der Waals surface area contributed by atoms with Gasteiger partial charge < -0.3 is 14.5 Å². The van der Waals surface area contributed by atoms with E-state index in [0.29, 0.717) is 6.04 Å². The van der Waals surface area contributed by atoms with Crippen molar-refractivity contribution >= 4 is 11.6 Å². The van der Waals surface area contributed by atoms with Crippen LogP contribution in [0, 0.1) is 0 Å². The summed E-state index contributed by atoms with van der Waals surface area (Å²) in [6, 6.07) is 8.51. The molecule has 3 aliphatic rings. The zero-order valence-electron chi connectivity index (χ0n) is 16.1. The maximum atomic E-state index is 12.9. The Bertz CT molecular complexity index is 646. The summed E-state index contributed by atoms with van der Waals surface area (Å²) in [5, 5.41) is 0. The van der Waals surface area contributed by atoms with Crippen molar-refractivity contribution in [1.82, 2.24) is 9.80 Å². The van der Waals surface area contributed by atoms with Crippen molar-refractivity contribution in [2.24, 2.45) is 0 Å². The fourth-order valence-electron chi connectivity index (χ4n) is 4.73. The highest BCUT2D eigenvalue weighted by Gasteiger charge is 2.45. The third-order valence-electron chi connectivity index (χ3n) is 6.42. The number of benzene rings is 1. The Labute approximate surface area is 156 Å². The molecule has 3 aliphatic heterocycles. The van der Waals surface area contributed by atoms with Crippen molar-refractivity contribution in [1.29, 1.82) is 0 Å². The number of likely N-dealkylation sites (tertiary alicyclic amines) is 2. The molecule has 1 amide bonds. The summed E-state index contributed by atoms with van der Waals surface area (Å²) in [6.07, 6.45) is 5.74. The van der Waals surface area contributed by atoms with E-state index < -0.39 is 0 Å². The van der Waals surface area contributed by atoms with Gasteiger partial charge in [-0.2, -0.15) is 0 Å². The molecule has 5 nitrogen and oxygen atoms in total. The number of hydrogen-bond acceptors (Lipinski definition) is 4.